The number of aromatic nitrogens is 4. The van der Waals surface area contributed by atoms with Gasteiger partial charge in [-0.25, -0.2) is 9.97 Å². The van der Waals surface area contributed by atoms with Gasteiger partial charge < -0.3 is 14.8 Å². The van der Waals surface area contributed by atoms with Gasteiger partial charge in [0.05, 0.1) is 42.9 Å². The van der Waals surface area contributed by atoms with E-state index in [4.69, 9.17) is 9.47 Å². The minimum atomic E-state index is -0.255. The van der Waals surface area contributed by atoms with Crippen LogP contribution in [0.2, 0.25) is 0 Å². The summed E-state index contributed by atoms with van der Waals surface area (Å²) in [7, 11) is 0. The Labute approximate surface area is 140 Å². The lowest BCUT2D eigenvalue weighted by atomic mass is 10.1. The van der Waals surface area contributed by atoms with Crippen molar-refractivity contribution < 1.29 is 14.3 Å². The summed E-state index contributed by atoms with van der Waals surface area (Å²) in [6.07, 6.45) is 4.78. The predicted molar refractivity (Wildman–Crippen MR) is 85.9 cm³/mol. The maximum absolute atomic E-state index is 12.5. The minimum Gasteiger partial charge on any atom is -0.482 e. The first-order valence-corrected chi connectivity index (χ1v) is 7.94. The lowest BCUT2D eigenvalue weighted by Gasteiger charge is -2.20. The van der Waals surface area contributed by atoms with Crippen LogP contribution >= 0.6 is 0 Å². The summed E-state index contributed by atoms with van der Waals surface area (Å²) >= 11 is 0. The third-order valence-electron chi connectivity index (χ3n) is 3.91. The first-order chi connectivity index (χ1) is 11.6. The molecule has 1 amide bonds. The Morgan fingerprint density at radius 1 is 1.42 bits per heavy atom. The number of hydrogen-bond acceptors (Lipinski definition) is 6. The molecule has 2 aromatic heterocycles. The third kappa shape index (κ3) is 3.53. The van der Waals surface area contributed by atoms with E-state index in [0.717, 1.165) is 6.54 Å². The molecule has 1 aliphatic rings. The monoisotopic (exact) mass is 331 g/mol. The van der Waals surface area contributed by atoms with Crippen molar-refractivity contribution in [3.05, 3.63) is 35.7 Å². The number of hydrogen-bond donors (Lipinski definition) is 1. The Morgan fingerprint density at radius 3 is 2.96 bits per heavy atom. The Balaban J connectivity index is 1.65. The Kier molecular flexibility index (Phi) is 4.75. The molecule has 128 valence electrons. The van der Waals surface area contributed by atoms with E-state index >= 15 is 0 Å². The number of carbonyl (C=O) groups excluding carboxylic acids is 1. The minimum absolute atomic E-state index is 0.221. The summed E-state index contributed by atoms with van der Waals surface area (Å²) in [5, 5.41) is 7.13. The summed E-state index contributed by atoms with van der Waals surface area (Å²) in [5.74, 6) is 1.09. The molecule has 0 saturated carbocycles. The van der Waals surface area contributed by atoms with E-state index in [1.165, 1.54) is 0 Å². The van der Waals surface area contributed by atoms with Gasteiger partial charge in [-0.05, 0) is 20.8 Å². The van der Waals surface area contributed by atoms with Crippen molar-refractivity contribution >= 4 is 5.91 Å². The standard InChI is InChI=1S/C16H21N5O3/c1-4-21-7-12(5-18-21)24-15-9-23-8-14(15)20-16(22)13-6-17-11(3)19-10(13)2/h5-7,14-15H,4,8-9H2,1-3H3,(H,20,22)/t14-,15+/m0/s1. The SMILES string of the molecule is CCn1cc(O[C@@H]2COC[C@@H]2NC(=O)c2cnc(C)nc2C)cn1. The molecule has 1 aliphatic heterocycles. The number of ether oxygens (including phenoxy) is 2. The molecule has 0 radical (unpaired) electrons. The molecule has 1 saturated heterocycles. The largest absolute Gasteiger partial charge is 0.482 e. The van der Waals surface area contributed by atoms with E-state index < -0.39 is 0 Å². The second kappa shape index (κ2) is 6.96. The van der Waals surface area contributed by atoms with Crippen LogP contribution in [0.5, 0.6) is 5.75 Å². The molecule has 2 atom stereocenters. The van der Waals surface area contributed by atoms with Gasteiger partial charge in [-0.3, -0.25) is 9.48 Å². The molecule has 8 heteroatoms. The lowest BCUT2D eigenvalue weighted by Crippen LogP contribution is -2.45. The van der Waals surface area contributed by atoms with Crippen LogP contribution in [0.1, 0.15) is 28.8 Å². The van der Waals surface area contributed by atoms with Crippen LogP contribution in [-0.2, 0) is 11.3 Å². The number of amides is 1. The van der Waals surface area contributed by atoms with Crippen LogP contribution in [0.4, 0.5) is 0 Å². The van der Waals surface area contributed by atoms with Gasteiger partial charge in [0.25, 0.3) is 5.91 Å². The normalized spacial score (nSPS) is 20.1. The summed E-state index contributed by atoms with van der Waals surface area (Å²) in [4.78, 5) is 20.8. The van der Waals surface area contributed by atoms with Gasteiger partial charge in [-0.2, -0.15) is 5.10 Å². The summed E-state index contributed by atoms with van der Waals surface area (Å²) in [5.41, 5.74) is 1.12. The molecule has 0 spiro atoms. The van der Waals surface area contributed by atoms with Gasteiger partial charge in [0, 0.05) is 12.7 Å². The van der Waals surface area contributed by atoms with Crippen LogP contribution in [0.15, 0.2) is 18.6 Å². The van der Waals surface area contributed by atoms with E-state index in [-0.39, 0.29) is 18.1 Å². The number of rotatable bonds is 5. The smallest absolute Gasteiger partial charge is 0.255 e. The highest BCUT2D eigenvalue weighted by atomic mass is 16.5. The fourth-order valence-corrected chi connectivity index (χ4v) is 2.59. The molecule has 3 rings (SSSR count). The quantitative estimate of drug-likeness (QED) is 0.875. The molecule has 8 nitrogen and oxygen atoms in total. The van der Waals surface area contributed by atoms with Crippen LogP contribution < -0.4 is 10.1 Å². The Bertz CT molecular complexity index is 730. The molecule has 1 N–H and O–H groups in total. The molecule has 3 heterocycles. The van der Waals surface area contributed by atoms with Gasteiger partial charge in [0.1, 0.15) is 11.9 Å². The van der Waals surface area contributed by atoms with Gasteiger partial charge in [-0.1, -0.05) is 0 Å². The lowest BCUT2D eigenvalue weighted by molar-refractivity contribution is 0.0902. The van der Waals surface area contributed by atoms with Crippen molar-refractivity contribution in [3.8, 4) is 5.75 Å². The second-order valence-corrected chi connectivity index (χ2v) is 5.72. The average Bonchev–Trinajstić information content (AvgIpc) is 3.17. The number of aryl methyl sites for hydroxylation is 3. The van der Waals surface area contributed by atoms with Crippen molar-refractivity contribution in [3.63, 3.8) is 0 Å². The third-order valence-corrected chi connectivity index (χ3v) is 3.91. The van der Waals surface area contributed by atoms with Crippen molar-refractivity contribution in [1.29, 1.82) is 0 Å². The molecular weight excluding hydrogens is 310 g/mol. The summed E-state index contributed by atoms with van der Waals surface area (Å²) < 4.78 is 13.1. The van der Waals surface area contributed by atoms with E-state index in [1.807, 2.05) is 13.1 Å². The van der Waals surface area contributed by atoms with Crippen LogP contribution in [-0.4, -0.2) is 51.0 Å². The van der Waals surface area contributed by atoms with Gasteiger partial charge in [0.15, 0.2) is 5.75 Å². The number of carbonyl (C=O) groups is 1. The first kappa shape index (κ1) is 16.4. The van der Waals surface area contributed by atoms with Crippen molar-refractivity contribution in [2.75, 3.05) is 13.2 Å². The first-order valence-electron chi connectivity index (χ1n) is 7.94. The Morgan fingerprint density at radius 2 is 2.25 bits per heavy atom. The van der Waals surface area contributed by atoms with E-state index in [0.29, 0.717) is 36.0 Å². The van der Waals surface area contributed by atoms with Crippen LogP contribution in [0.3, 0.4) is 0 Å². The highest BCUT2D eigenvalue weighted by Gasteiger charge is 2.32. The average molecular weight is 331 g/mol. The second-order valence-electron chi connectivity index (χ2n) is 5.72. The maximum atomic E-state index is 12.5. The van der Waals surface area contributed by atoms with Gasteiger partial charge >= 0.3 is 0 Å². The summed E-state index contributed by atoms with van der Waals surface area (Å²) in [6.45, 7) is 7.19. The molecule has 0 aromatic carbocycles. The van der Waals surface area contributed by atoms with Crippen LogP contribution in [0.25, 0.3) is 0 Å². The van der Waals surface area contributed by atoms with E-state index in [9.17, 15) is 4.79 Å². The van der Waals surface area contributed by atoms with Gasteiger partial charge in [0.2, 0.25) is 0 Å². The van der Waals surface area contributed by atoms with Crippen molar-refractivity contribution in [2.45, 2.75) is 39.5 Å². The molecule has 0 aliphatic carbocycles. The molecule has 1 fully saturated rings. The van der Waals surface area contributed by atoms with Crippen LogP contribution in [0, 0.1) is 13.8 Å². The van der Waals surface area contributed by atoms with Gasteiger partial charge in [-0.15, -0.1) is 0 Å². The predicted octanol–water partition coefficient (Wildman–Crippen LogP) is 0.886. The molecular formula is C16H21N5O3. The van der Waals surface area contributed by atoms with Crippen molar-refractivity contribution in [2.24, 2.45) is 0 Å². The fraction of sp³-hybridized carbons (Fsp3) is 0.500. The zero-order valence-corrected chi connectivity index (χ0v) is 14.0. The highest BCUT2D eigenvalue weighted by molar-refractivity contribution is 5.95. The topological polar surface area (TPSA) is 91.2 Å². The zero-order valence-electron chi connectivity index (χ0n) is 14.0. The molecule has 24 heavy (non-hydrogen) atoms. The molecule has 2 aromatic rings. The van der Waals surface area contributed by atoms with Crippen molar-refractivity contribution in [1.82, 2.24) is 25.1 Å². The highest BCUT2D eigenvalue weighted by Crippen LogP contribution is 2.17. The summed E-state index contributed by atoms with van der Waals surface area (Å²) in [6, 6.07) is -0.233. The Hall–Kier alpha value is -2.48. The number of nitrogens with zero attached hydrogens (tertiary/aromatic N) is 4. The number of nitrogens with one attached hydrogen (secondary N) is 1. The fourth-order valence-electron chi connectivity index (χ4n) is 2.59. The molecule has 0 unspecified atom stereocenters. The maximum Gasteiger partial charge on any atom is 0.255 e. The molecule has 0 bridgehead atoms. The zero-order chi connectivity index (χ0) is 17.1. The van der Waals surface area contributed by atoms with E-state index in [2.05, 4.69) is 20.4 Å². The van der Waals surface area contributed by atoms with E-state index in [1.54, 1.807) is 30.9 Å².